The molecule has 0 aromatic heterocycles. The Morgan fingerprint density at radius 3 is 1.81 bits per heavy atom. The molecule has 0 aromatic rings. The number of carboxylic acids is 1. The molecule has 1 atom stereocenters. The summed E-state index contributed by atoms with van der Waals surface area (Å²) < 4.78 is 0. The third kappa shape index (κ3) is 3.97. The molecule has 0 aliphatic heterocycles. The summed E-state index contributed by atoms with van der Waals surface area (Å²) in [6.45, 7) is 5.39. The van der Waals surface area contributed by atoms with Crippen LogP contribution in [0.4, 0.5) is 0 Å². The molecule has 0 bridgehead atoms. The topological polar surface area (TPSA) is 49.3 Å². The van der Waals surface area contributed by atoms with Crippen LogP contribution < -0.4 is 5.32 Å². The van der Waals surface area contributed by atoms with Crippen molar-refractivity contribution in [3.8, 4) is 0 Å². The van der Waals surface area contributed by atoms with Crippen LogP contribution in [0.3, 0.4) is 0 Å². The molecule has 0 aliphatic carbocycles. The van der Waals surface area contributed by atoms with E-state index in [1.165, 1.54) is 0 Å². The molecule has 0 saturated carbocycles. The molecule has 0 rings (SSSR count). The van der Waals surface area contributed by atoms with Crippen molar-refractivity contribution in [3.63, 3.8) is 0 Å². The van der Waals surface area contributed by atoms with Gasteiger partial charge < -0.3 is 10.4 Å². The molecule has 0 heterocycles. The summed E-state index contributed by atoms with van der Waals surface area (Å²) >= 11 is 0. The van der Waals surface area contributed by atoms with Crippen LogP contribution >= 0.6 is 0 Å². The van der Waals surface area contributed by atoms with Crippen LogP contribution in [0.2, 0.25) is 11.0 Å². The van der Waals surface area contributed by atoms with Gasteiger partial charge in [0.1, 0.15) is 0 Å². The van der Waals surface area contributed by atoms with Gasteiger partial charge in [0, 0.05) is 5.54 Å². The quantitative estimate of drug-likeness (QED) is 0.574. The predicted molar refractivity (Wildman–Crippen MR) is 68.5 cm³/mol. The molecule has 0 fully saturated rings. The highest BCUT2D eigenvalue weighted by atomic mass is 16.4. The Bertz CT molecular complexity index is 274. The van der Waals surface area contributed by atoms with E-state index >= 15 is 0 Å². The summed E-state index contributed by atoms with van der Waals surface area (Å²) in [5, 5.41) is 7.67. The van der Waals surface area contributed by atoms with Gasteiger partial charge in [-0.3, -0.25) is 4.79 Å². The monoisotopic (exact) mass is 209 g/mol. The Labute approximate surface area is 104 Å². The maximum atomic E-state index is 10.8. The average molecular weight is 208 g/mol. The fourth-order valence-electron chi connectivity index (χ4n) is 1.26. The van der Waals surface area contributed by atoms with Crippen molar-refractivity contribution in [2.45, 2.75) is 42.7 Å². The molecule has 3 nitrogen and oxygen atoms in total. The molecule has 0 spiro atoms. The third-order valence-electron chi connectivity index (χ3n) is 1.99. The van der Waals surface area contributed by atoms with Crippen LogP contribution in [0.25, 0.3) is 0 Å². The van der Waals surface area contributed by atoms with Gasteiger partial charge in [-0.05, 0) is 26.0 Å². The Hall–Kier alpha value is -0.245. The molecule has 2 N–H and O–H groups in total. The van der Waals surface area contributed by atoms with Crippen LogP contribution in [0.15, 0.2) is 0 Å². The van der Waals surface area contributed by atoms with Gasteiger partial charge in [0.2, 0.25) is 0 Å². The smallest absolute Gasteiger partial charge is 0.291 e. The Balaban J connectivity index is 4.96. The van der Waals surface area contributed by atoms with Crippen molar-refractivity contribution in [3.05, 3.63) is 0 Å². The fourth-order valence-corrected chi connectivity index (χ4v) is 1.26. The summed E-state index contributed by atoms with van der Waals surface area (Å²) in [7, 11) is 27.7. The molecular formula is C8H12B5NO2. The second kappa shape index (κ2) is 4.56. The van der Waals surface area contributed by atoms with Gasteiger partial charge >= 0.3 is 0 Å². The first-order chi connectivity index (χ1) is 6.81. The van der Waals surface area contributed by atoms with Gasteiger partial charge in [-0.25, -0.2) is 0 Å². The standard InChI is InChI=1S/C8H12B5NO2/c1-6(2,3)14-8(12,13)4(9)7(10,11)5(15)16/h4,14H,1-3H3,(H,15,16). The number of carboxylic acid groups (broad SMARTS) is 1. The zero-order valence-electron chi connectivity index (χ0n) is 9.82. The second-order valence-corrected chi connectivity index (χ2v) is 5.02. The van der Waals surface area contributed by atoms with E-state index in [1.54, 1.807) is 20.8 Å². The molecule has 16 heavy (non-hydrogen) atoms. The van der Waals surface area contributed by atoms with Crippen molar-refractivity contribution in [1.82, 2.24) is 5.32 Å². The van der Waals surface area contributed by atoms with E-state index in [9.17, 15) is 4.79 Å². The first-order valence-electron chi connectivity index (χ1n) is 4.74. The largest absolute Gasteiger partial charge is 0.482 e. The maximum absolute atomic E-state index is 10.8. The van der Waals surface area contributed by atoms with Crippen LogP contribution in [-0.4, -0.2) is 61.2 Å². The number of aliphatic carboxylic acids is 1. The lowest BCUT2D eigenvalue weighted by Gasteiger charge is -2.47. The molecule has 0 amide bonds. The normalized spacial score (nSPS) is 15.7. The minimum Gasteiger partial charge on any atom is -0.482 e. The summed E-state index contributed by atoms with van der Waals surface area (Å²) in [5.74, 6) is -2.84. The van der Waals surface area contributed by atoms with Crippen molar-refractivity contribution < 1.29 is 9.90 Å². The minimum absolute atomic E-state index is 0.463. The van der Waals surface area contributed by atoms with Crippen LogP contribution in [0.1, 0.15) is 20.8 Å². The summed E-state index contributed by atoms with van der Waals surface area (Å²) in [6.07, 6.45) is 0. The zero-order valence-corrected chi connectivity index (χ0v) is 9.82. The first-order valence-corrected chi connectivity index (χ1v) is 4.74. The Kier molecular flexibility index (Phi) is 4.49. The third-order valence-corrected chi connectivity index (χ3v) is 1.99. The molecule has 0 aromatic carbocycles. The fraction of sp³-hybridized carbons (Fsp3) is 0.875. The van der Waals surface area contributed by atoms with E-state index in [0.29, 0.717) is 0 Å². The zero-order chi connectivity index (χ0) is 13.4. The van der Waals surface area contributed by atoms with E-state index in [4.69, 9.17) is 44.3 Å². The van der Waals surface area contributed by atoms with E-state index in [-0.39, 0.29) is 0 Å². The number of rotatable bonds is 4. The van der Waals surface area contributed by atoms with Gasteiger partial charge in [0.05, 0.1) is 39.2 Å². The highest BCUT2D eigenvalue weighted by molar-refractivity contribution is 6.56. The molecule has 0 aliphatic rings. The maximum Gasteiger partial charge on any atom is 0.291 e. The van der Waals surface area contributed by atoms with Gasteiger partial charge in [-0.1, -0.05) is 11.2 Å². The predicted octanol–water partition coefficient (Wildman–Crippen LogP) is -1.14. The Morgan fingerprint density at radius 2 is 1.56 bits per heavy atom. The summed E-state index contributed by atoms with van der Waals surface area (Å²) in [5.41, 5.74) is -0.463. The van der Waals surface area contributed by atoms with Gasteiger partial charge in [-0.2, -0.15) is 0 Å². The van der Waals surface area contributed by atoms with Crippen LogP contribution in [0, 0.1) is 0 Å². The number of hydrogen-bond acceptors (Lipinski definition) is 2. The molecule has 1 unspecified atom stereocenters. The van der Waals surface area contributed by atoms with Gasteiger partial charge in [0.25, 0.3) is 5.97 Å². The molecular weight excluding hydrogens is 196 g/mol. The molecule has 10 radical (unpaired) electrons. The highest BCUT2D eigenvalue weighted by Gasteiger charge is 2.41. The lowest BCUT2D eigenvalue weighted by Crippen LogP contribution is -2.60. The van der Waals surface area contributed by atoms with Gasteiger partial charge in [-0.15, -0.1) is 0 Å². The van der Waals surface area contributed by atoms with Gasteiger partial charge in [0.15, 0.2) is 0 Å². The highest BCUT2D eigenvalue weighted by Crippen LogP contribution is 2.37. The first kappa shape index (κ1) is 15.8. The SMILES string of the molecule is [B]C(C([B])([B])NC(C)(C)C)C([B])([B])C(=O)O. The minimum atomic E-state index is -2.21. The summed E-state index contributed by atoms with van der Waals surface area (Å²) in [4.78, 5) is 10.8. The molecule has 0 saturated heterocycles. The van der Waals surface area contributed by atoms with Crippen molar-refractivity contribution in [1.29, 1.82) is 0 Å². The summed E-state index contributed by atoms with van der Waals surface area (Å²) in [6, 6.07) is 0. The van der Waals surface area contributed by atoms with Crippen LogP contribution in [-0.2, 0) is 4.79 Å². The number of hydrogen-bond donors (Lipinski definition) is 2. The van der Waals surface area contributed by atoms with E-state index in [0.717, 1.165) is 0 Å². The van der Waals surface area contributed by atoms with Crippen molar-refractivity contribution >= 4 is 45.2 Å². The molecule has 8 heteroatoms. The number of carbonyl (C=O) groups is 1. The Morgan fingerprint density at radius 1 is 1.19 bits per heavy atom. The van der Waals surface area contributed by atoms with E-state index < -0.39 is 27.9 Å². The van der Waals surface area contributed by atoms with E-state index in [2.05, 4.69) is 5.32 Å². The number of nitrogens with one attached hydrogen (secondary N) is 1. The van der Waals surface area contributed by atoms with Crippen molar-refractivity contribution in [2.75, 3.05) is 0 Å². The van der Waals surface area contributed by atoms with Crippen molar-refractivity contribution in [2.24, 2.45) is 0 Å². The molecule has 76 valence electrons. The second-order valence-electron chi connectivity index (χ2n) is 5.02. The lowest BCUT2D eigenvalue weighted by atomic mass is 9.33. The average Bonchev–Trinajstić information content (AvgIpc) is 1.97. The lowest BCUT2D eigenvalue weighted by molar-refractivity contribution is -0.138. The van der Waals surface area contributed by atoms with Crippen LogP contribution in [0.5, 0.6) is 0 Å². The van der Waals surface area contributed by atoms with E-state index in [1.807, 2.05) is 0 Å².